The molecule has 0 aromatic heterocycles. The Morgan fingerprint density at radius 2 is 1.42 bits per heavy atom. The van der Waals surface area contributed by atoms with Crippen LogP contribution in [0.15, 0.2) is 97.1 Å². The summed E-state index contributed by atoms with van der Waals surface area (Å²) in [5, 5.41) is 4.17. The van der Waals surface area contributed by atoms with Gasteiger partial charge in [0.2, 0.25) is 0 Å². The van der Waals surface area contributed by atoms with E-state index in [-0.39, 0.29) is 11.8 Å². The summed E-state index contributed by atoms with van der Waals surface area (Å²) in [6.45, 7) is 0. The molecule has 128 valence electrons. The molecule has 0 fully saturated rings. The Kier molecular flexibility index (Phi) is 4.36. The van der Waals surface area contributed by atoms with Crippen LogP contribution in [0.4, 0.5) is 5.69 Å². The van der Waals surface area contributed by atoms with Crippen molar-refractivity contribution < 1.29 is 4.79 Å². The molecule has 0 bridgehead atoms. The lowest BCUT2D eigenvalue weighted by atomic mass is 9.69. The number of benzene rings is 3. The second kappa shape index (κ2) is 6.81. The summed E-state index contributed by atoms with van der Waals surface area (Å²) < 4.78 is 0. The largest absolute Gasteiger partial charge is 0.377 e. The van der Waals surface area contributed by atoms with Crippen molar-refractivity contribution in [3.05, 3.63) is 113 Å². The molecule has 4 rings (SSSR count). The van der Waals surface area contributed by atoms with Crippen LogP contribution in [0.25, 0.3) is 0 Å². The fourth-order valence-corrected chi connectivity index (χ4v) is 3.93. The highest BCUT2D eigenvalue weighted by molar-refractivity contribution is 6.30. The summed E-state index contributed by atoms with van der Waals surface area (Å²) in [5.74, 6) is 0.0782. The third-order valence-corrected chi connectivity index (χ3v) is 5.14. The van der Waals surface area contributed by atoms with Crippen LogP contribution < -0.4 is 5.32 Å². The standard InChI is InChI=1S/C23H18ClNO/c24-19-12-7-13-20(16-19)25-21-14-15-22(26)23(21,17-8-3-1-4-9-17)18-10-5-2-6-11-18/h1-16,21,25H/t21-/m1/s1. The van der Waals surface area contributed by atoms with E-state index >= 15 is 0 Å². The highest BCUT2D eigenvalue weighted by atomic mass is 35.5. The second-order valence-corrected chi connectivity index (χ2v) is 6.83. The van der Waals surface area contributed by atoms with Gasteiger partial charge in [0.05, 0.1) is 6.04 Å². The molecule has 0 aliphatic heterocycles. The first kappa shape index (κ1) is 16.6. The molecule has 0 radical (unpaired) electrons. The number of anilines is 1. The fourth-order valence-electron chi connectivity index (χ4n) is 3.74. The molecule has 3 aromatic rings. The lowest BCUT2D eigenvalue weighted by molar-refractivity contribution is -0.117. The Morgan fingerprint density at radius 3 is 2.00 bits per heavy atom. The number of allylic oxidation sites excluding steroid dienone is 1. The average molecular weight is 360 g/mol. The number of hydrogen-bond donors (Lipinski definition) is 1. The average Bonchev–Trinajstić information content (AvgIpc) is 3.00. The molecular weight excluding hydrogens is 342 g/mol. The number of carbonyl (C=O) groups excluding carboxylic acids is 1. The van der Waals surface area contributed by atoms with Crippen molar-refractivity contribution >= 4 is 23.1 Å². The Balaban J connectivity index is 1.87. The van der Waals surface area contributed by atoms with Crippen molar-refractivity contribution in [2.45, 2.75) is 11.5 Å². The van der Waals surface area contributed by atoms with E-state index in [9.17, 15) is 4.79 Å². The molecule has 0 amide bonds. The van der Waals surface area contributed by atoms with E-state index in [4.69, 9.17) is 11.6 Å². The molecule has 0 heterocycles. The molecule has 1 aliphatic rings. The van der Waals surface area contributed by atoms with Crippen molar-refractivity contribution in [3.63, 3.8) is 0 Å². The van der Waals surface area contributed by atoms with Crippen LogP contribution in [0.1, 0.15) is 11.1 Å². The van der Waals surface area contributed by atoms with Gasteiger partial charge in [-0.15, -0.1) is 0 Å². The van der Waals surface area contributed by atoms with E-state index in [0.29, 0.717) is 5.02 Å². The molecule has 3 heteroatoms. The Bertz CT molecular complexity index is 911. The topological polar surface area (TPSA) is 29.1 Å². The molecule has 1 aliphatic carbocycles. The van der Waals surface area contributed by atoms with Gasteiger partial charge in [0, 0.05) is 10.7 Å². The molecule has 0 saturated carbocycles. The highest BCUT2D eigenvalue weighted by Crippen LogP contribution is 2.42. The highest BCUT2D eigenvalue weighted by Gasteiger charge is 2.49. The first-order valence-corrected chi connectivity index (χ1v) is 8.95. The van der Waals surface area contributed by atoms with E-state index in [1.54, 1.807) is 6.08 Å². The molecule has 0 unspecified atom stereocenters. The number of carbonyl (C=O) groups is 1. The zero-order chi connectivity index (χ0) is 18.0. The smallest absolute Gasteiger partial charge is 0.172 e. The third-order valence-electron chi connectivity index (χ3n) is 4.90. The Hall–Kier alpha value is -2.84. The minimum atomic E-state index is -0.801. The van der Waals surface area contributed by atoms with Gasteiger partial charge in [0.15, 0.2) is 5.78 Å². The third kappa shape index (κ3) is 2.73. The number of halogens is 1. The first-order chi connectivity index (χ1) is 12.7. The van der Waals surface area contributed by atoms with Gasteiger partial charge in [0.25, 0.3) is 0 Å². The lowest BCUT2D eigenvalue weighted by Gasteiger charge is -2.36. The van der Waals surface area contributed by atoms with E-state index in [1.807, 2.05) is 91.0 Å². The fraction of sp³-hybridized carbons (Fsp3) is 0.0870. The Labute approximate surface area is 158 Å². The van der Waals surface area contributed by atoms with E-state index < -0.39 is 5.41 Å². The van der Waals surface area contributed by atoms with Crippen molar-refractivity contribution in [2.24, 2.45) is 0 Å². The van der Waals surface area contributed by atoms with Gasteiger partial charge in [-0.3, -0.25) is 4.79 Å². The SMILES string of the molecule is O=C1C=C[C@@H](Nc2cccc(Cl)c2)C1(c1ccccc1)c1ccccc1. The first-order valence-electron chi connectivity index (χ1n) is 8.57. The van der Waals surface area contributed by atoms with Gasteiger partial charge in [-0.2, -0.15) is 0 Å². The maximum Gasteiger partial charge on any atom is 0.172 e. The maximum absolute atomic E-state index is 13.2. The van der Waals surface area contributed by atoms with Crippen LogP contribution in [-0.4, -0.2) is 11.8 Å². The summed E-state index contributed by atoms with van der Waals surface area (Å²) in [4.78, 5) is 13.2. The number of ketones is 1. The number of nitrogens with one attached hydrogen (secondary N) is 1. The second-order valence-electron chi connectivity index (χ2n) is 6.40. The molecule has 0 spiro atoms. The monoisotopic (exact) mass is 359 g/mol. The van der Waals surface area contributed by atoms with Crippen molar-refractivity contribution in [1.82, 2.24) is 0 Å². The van der Waals surface area contributed by atoms with Crippen molar-refractivity contribution in [3.8, 4) is 0 Å². The molecule has 2 nitrogen and oxygen atoms in total. The summed E-state index contributed by atoms with van der Waals surface area (Å²) >= 11 is 6.14. The van der Waals surface area contributed by atoms with Gasteiger partial charge in [-0.1, -0.05) is 84.4 Å². The number of hydrogen-bond acceptors (Lipinski definition) is 2. The predicted octanol–water partition coefficient (Wildman–Crippen LogP) is 5.25. The normalized spacial score (nSPS) is 18.0. The summed E-state index contributed by atoms with van der Waals surface area (Å²) in [5.41, 5.74) is 2.03. The molecule has 26 heavy (non-hydrogen) atoms. The maximum atomic E-state index is 13.2. The van der Waals surface area contributed by atoms with Crippen LogP contribution in [0.5, 0.6) is 0 Å². The van der Waals surface area contributed by atoms with E-state index in [0.717, 1.165) is 16.8 Å². The van der Waals surface area contributed by atoms with E-state index in [1.165, 1.54) is 0 Å². The van der Waals surface area contributed by atoms with Crippen LogP contribution in [0, 0.1) is 0 Å². The minimum absolute atomic E-state index is 0.0782. The summed E-state index contributed by atoms with van der Waals surface area (Å²) in [7, 11) is 0. The zero-order valence-electron chi connectivity index (χ0n) is 14.1. The van der Waals surface area contributed by atoms with E-state index in [2.05, 4.69) is 5.32 Å². The van der Waals surface area contributed by atoms with Gasteiger partial charge in [-0.05, 0) is 35.4 Å². The zero-order valence-corrected chi connectivity index (χ0v) is 14.9. The molecule has 1 N–H and O–H groups in total. The lowest BCUT2D eigenvalue weighted by Crippen LogP contribution is -2.46. The summed E-state index contributed by atoms with van der Waals surface area (Å²) in [6.07, 6.45) is 3.63. The van der Waals surface area contributed by atoms with Gasteiger partial charge in [0.1, 0.15) is 5.41 Å². The van der Waals surface area contributed by atoms with Crippen molar-refractivity contribution in [2.75, 3.05) is 5.32 Å². The van der Waals surface area contributed by atoms with Crippen LogP contribution in [0.3, 0.4) is 0 Å². The number of rotatable bonds is 4. The van der Waals surface area contributed by atoms with Crippen LogP contribution in [0.2, 0.25) is 5.02 Å². The molecular formula is C23H18ClNO. The Morgan fingerprint density at radius 1 is 0.808 bits per heavy atom. The van der Waals surface area contributed by atoms with Crippen LogP contribution in [-0.2, 0) is 10.2 Å². The summed E-state index contributed by atoms with van der Waals surface area (Å²) in [6, 6.07) is 27.3. The van der Waals surface area contributed by atoms with Gasteiger partial charge >= 0.3 is 0 Å². The predicted molar refractivity (Wildman–Crippen MR) is 107 cm³/mol. The van der Waals surface area contributed by atoms with Gasteiger partial charge in [-0.25, -0.2) is 0 Å². The molecule has 1 atom stereocenters. The van der Waals surface area contributed by atoms with Gasteiger partial charge < -0.3 is 5.32 Å². The molecule has 0 saturated heterocycles. The van der Waals surface area contributed by atoms with Crippen molar-refractivity contribution in [1.29, 1.82) is 0 Å². The molecule has 3 aromatic carbocycles. The van der Waals surface area contributed by atoms with Crippen LogP contribution >= 0.6 is 11.6 Å². The minimum Gasteiger partial charge on any atom is -0.377 e. The quantitative estimate of drug-likeness (QED) is 0.689.